The molecule has 2 rings (SSSR count). The van der Waals surface area contributed by atoms with Crippen LogP contribution >= 0.6 is 15.9 Å². The van der Waals surface area contributed by atoms with Crippen LogP contribution in [-0.2, 0) is 26.2 Å². The van der Waals surface area contributed by atoms with Gasteiger partial charge in [0.15, 0.2) is 0 Å². The van der Waals surface area contributed by atoms with Crippen LogP contribution in [0, 0.1) is 6.92 Å². The van der Waals surface area contributed by atoms with Crippen molar-refractivity contribution < 1.29 is 18.0 Å². The highest BCUT2D eigenvalue weighted by molar-refractivity contribution is 9.10. The monoisotopic (exact) mass is 537 g/mol. The molecule has 2 amide bonds. The predicted molar refractivity (Wildman–Crippen MR) is 135 cm³/mol. The maximum Gasteiger partial charge on any atom is 0.244 e. The van der Waals surface area contributed by atoms with Crippen molar-refractivity contribution >= 4 is 43.5 Å². The molecule has 0 fully saturated rings. The van der Waals surface area contributed by atoms with E-state index in [9.17, 15) is 18.0 Å². The number of rotatable bonds is 10. The number of sulfonamides is 1. The Balaban J connectivity index is 2.37. The number of hydrogen-bond acceptors (Lipinski definition) is 4. The minimum absolute atomic E-state index is 0.0360. The van der Waals surface area contributed by atoms with Crippen molar-refractivity contribution in [3.05, 3.63) is 64.1 Å². The minimum Gasteiger partial charge on any atom is -0.352 e. The Hall–Kier alpha value is -2.39. The summed E-state index contributed by atoms with van der Waals surface area (Å²) in [6.07, 6.45) is 1.82. The van der Waals surface area contributed by atoms with Gasteiger partial charge < -0.3 is 10.2 Å². The molecule has 2 unspecified atom stereocenters. The number of amides is 2. The van der Waals surface area contributed by atoms with E-state index in [1.165, 1.54) is 4.90 Å². The van der Waals surface area contributed by atoms with E-state index in [1.54, 1.807) is 31.2 Å². The Kier molecular flexibility index (Phi) is 9.48. The van der Waals surface area contributed by atoms with E-state index < -0.39 is 28.5 Å². The highest BCUT2D eigenvalue weighted by atomic mass is 79.9. The van der Waals surface area contributed by atoms with Gasteiger partial charge >= 0.3 is 0 Å². The largest absolute Gasteiger partial charge is 0.352 e. The molecule has 180 valence electrons. The summed E-state index contributed by atoms with van der Waals surface area (Å²) in [6.45, 7) is 7.26. The molecule has 1 N–H and O–H groups in total. The lowest BCUT2D eigenvalue weighted by Gasteiger charge is -2.32. The smallest absolute Gasteiger partial charge is 0.244 e. The Morgan fingerprint density at radius 3 is 2.27 bits per heavy atom. The fraction of sp³-hybridized carbons (Fsp3) is 0.417. The Morgan fingerprint density at radius 2 is 1.73 bits per heavy atom. The first kappa shape index (κ1) is 26.9. The maximum atomic E-state index is 13.5. The number of hydrogen-bond donors (Lipinski definition) is 1. The first-order chi connectivity index (χ1) is 15.4. The van der Waals surface area contributed by atoms with E-state index >= 15 is 0 Å². The molecule has 0 radical (unpaired) electrons. The van der Waals surface area contributed by atoms with Crippen molar-refractivity contribution in [1.82, 2.24) is 10.2 Å². The average Bonchev–Trinajstić information content (AvgIpc) is 2.75. The van der Waals surface area contributed by atoms with Crippen LogP contribution < -0.4 is 9.62 Å². The molecule has 2 aromatic carbocycles. The van der Waals surface area contributed by atoms with Gasteiger partial charge in [-0.05, 0) is 57.0 Å². The zero-order chi connectivity index (χ0) is 24.8. The number of benzene rings is 2. The summed E-state index contributed by atoms with van der Waals surface area (Å²) in [6, 6.07) is 13.5. The number of anilines is 1. The van der Waals surface area contributed by atoms with Crippen molar-refractivity contribution in [2.45, 2.75) is 52.7 Å². The minimum atomic E-state index is -3.74. The average molecular weight is 539 g/mol. The molecule has 0 aliphatic rings. The maximum absolute atomic E-state index is 13.5. The van der Waals surface area contributed by atoms with E-state index in [0.717, 1.165) is 32.6 Å². The predicted octanol–water partition coefficient (Wildman–Crippen LogP) is 3.86. The van der Waals surface area contributed by atoms with Gasteiger partial charge in [0.2, 0.25) is 21.8 Å². The molecular weight excluding hydrogens is 506 g/mol. The normalized spacial score (nSPS) is 13.2. The summed E-state index contributed by atoms with van der Waals surface area (Å²) in [4.78, 5) is 27.8. The lowest BCUT2D eigenvalue weighted by Crippen LogP contribution is -2.52. The molecule has 9 heteroatoms. The standard InChI is InChI=1S/C24H32BrN3O4S/c1-6-18(3)26-24(30)19(4)27(15-20-9-7-8-17(2)14-20)23(29)16-28(33(5,31)32)22-12-10-21(25)11-13-22/h7-14,18-19H,6,15-16H2,1-5H3,(H,26,30). The molecule has 0 aromatic heterocycles. The quantitative estimate of drug-likeness (QED) is 0.498. The van der Waals surface area contributed by atoms with Crippen LogP contribution in [0.1, 0.15) is 38.3 Å². The van der Waals surface area contributed by atoms with Gasteiger partial charge in [-0.15, -0.1) is 0 Å². The van der Waals surface area contributed by atoms with E-state index in [1.807, 2.05) is 45.0 Å². The number of nitrogens with one attached hydrogen (secondary N) is 1. The summed E-state index contributed by atoms with van der Waals surface area (Å²) in [5.41, 5.74) is 2.27. The molecule has 2 atom stereocenters. The summed E-state index contributed by atoms with van der Waals surface area (Å²) >= 11 is 3.33. The van der Waals surface area contributed by atoms with Crippen molar-refractivity contribution in [3.63, 3.8) is 0 Å². The van der Waals surface area contributed by atoms with Crippen LogP contribution in [0.5, 0.6) is 0 Å². The third-order valence-corrected chi connectivity index (χ3v) is 7.07. The zero-order valence-electron chi connectivity index (χ0n) is 19.7. The molecule has 2 aromatic rings. The van der Waals surface area contributed by atoms with Crippen molar-refractivity contribution in [3.8, 4) is 0 Å². The lowest BCUT2D eigenvalue weighted by atomic mass is 10.1. The third kappa shape index (κ3) is 7.85. The summed E-state index contributed by atoms with van der Waals surface area (Å²) in [5.74, 6) is -0.739. The van der Waals surface area contributed by atoms with Gasteiger partial charge in [-0.25, -0.2) is 8.42 Å². The number of aryl methyl sites for hydroxylation is 1. The number of halogens is 1. The van der Waals surface area contributed by atoms with Crippen LogP contribution in [0.15, 0.2) is 53.0 Å². The molecule has 33 heavy (non-hydrogen) atoms. The second-order valence-corrected chi connectivity index (χ2v) is 11.1. The van der Waals surface area contributed by atoms with Gasteiger partial charge in [0, 0.05) is 17.1 Å². The SMILES string of the molecule is CCC(C)NC(=O)C(C)N(Cc1cccc(C)c1)C(=O)CN(c1ccc(Br)cc1)S(C)(=O)=O. The molecule has 0 saturated carbocycles. The van der Waals surface area contributed by atoms with Crippen molar-refractivity contribution in [1.29, 1.82) is 0 Å². The fourth-order valence-electron chi connectivity index (χ4n) is 3.28. The van der Waals surface area contributed by atoms with Gasteiger partial charge in [-0.2, -0.15) is 0 Å². The molecule has 0 aliphatic heterocycles. The highest BCUT2D eigenvalue weighted by Gasteiger charge is 2.30. The molecule has 0 spiro atoms. The third-order valence-electron chi connectivity index (χ3n) is 5.40. The van der Waals surface area contributed by atoms with Crippen molar-refractivity contribution in [2.75, 3.05) is 17.1 Å². The second kappa shape index (κ2) is 11.7. The fourth-order valence-corrected chi connectivity index (χ4v) is 4.39. The Labute approximate surface area is 205 Å². The lowest BCUT2D eigenvalue weighted by molar-refractivity contribution is -0.139. The first-order valence-corrected chi connectivity index (χ1v) is 13.4. The van der Waals surface area contributed by atoms with E-state index in [4.69, 9.17) is 0 Å². The van der Waals surface area contributed by atoms with Gasteiger partial charge in [-0.3, -0.25) is 13.9 Å². The van der Waals surface area contributed by atoms with Gasteiger partial charge in [-0.1, -0.05) is 52.7 Å². The Bertz CT molecular complexity index is 1070. The van der Waals surface area contributed by atoms with Crippen LogP contribution in [-0.4, -0.2) is 50.0 Å². The highest BCUT2D eigenvalue weighted by Crippen LogP contribution is 2.22. The van der Waals surface area contributed by atoms with Crippen LogP contribution in [0.3, 0.4) is 0 Å². The van der Waals surface area contributed by atoms with E-state index in [2.05, 4.69) is 21.2 Å². The van der Waals surface area contributed by atoms with Crippen LogP contribution in [0.2, 0.25) is 0 Å². The number of carbonyl (C=O) groups is 2. The van der Waals surface area contributed by atoms with Gasteiger partial charge in [0.05, 0.1) is 11.9 Å². The molecule has 0 heterocycles. The molecule has 0 aliphatic carbocycles. The number of nitrogens with zero attached hydrogens (tertiary/aromatic N) is 2. The molecule has 0 bridgehead atoms. The summed E-state index contributed by atoms with van der Waals surface area (Å²) < 4.78 is 26.9. The molecule has 0 saturated heterocycles. The summed E-state index contributed by atoms with van der Waals surface area (Å²) in [5, 5.41) is 2.91. The van der Waals surface area contributed by atoms with Gasteiger partial charge in [0.1, 0.15) is 12.6 Å². The van der Waals surface area contributed by atoms with E-state index in [-0.39, 0.29) is 18.5 Å². The van der Waals surface area contributed by atoms with E-state index in [0.29, 0.717) is 5.69 Å². The summed E-state index contributed by atoms with van der Waals surface area (Å²) in [7, 11) is -3.74. The first-order valence-electron chi connectivity index (χ1n) is 10.8. The van der Waals surface area contributed by atoms with Gasteiger partial charge in [0.25, 0.3) is 0 Å². The second-order valence-electron chi connectivity index (χ2n) is 8.25. The van der Waals surface area contributed by atoms with Crippen molar-refractivity contribution in [2.24, 2.45) is 0 Å². The zero-order valence-corrected chi connectivity index (χ0v) is 22.1. The van der Waals surface area contributed by atoms with Crippen LogP contribution in [0.25, 0.3) is 0 Å². The topological polar surface area (TPSA) is 86.8 Å². The molecular formula is C24H32BrN3O4S. The van der Waals surface area contributed by atoms with Crippen LogP contribution in [0.4, 0.5) is 5.69 Å². The number of carbonyl (C=O) groups excluding carboxylic acids is 2. The molecule has 7 nitrogen and oxygen atoms in total. The Morgan fingerprint density at radius 1 is 1.09 bits per heavy atom.